The van der Waals surface area contributed by atoms with Crippen molar-refractivity contribution in [3.63, 3.8) is 0 Å². The summed E-state index contributed by atoms with van der Waals surface area (Å²) in [6, 6.07) is 14.9. The Labute approximate surface area is 146 Å². The molecule has 0 aliphatic rings. The van der Waals surface area contributed by atoms with E-state index in [0.29, 0.717) is 13.0 Å². The minimum Gasteiger partial charge on any atom is -0.330 e. The Morgan fingerprint density at radius 1 is 1.08 bits per heavy atom. The molecule has 0 bridgehead atoms. The van der Waals surface area contributed by atoms with Crippen molar-refractivity contribution in [2.75, 3.05) is 6.54 Å². The molecule has 1 N–H and O–H groups in total. The number of hydrogen-bond donors (Lipinski definition) is 1. The molecule has 130 valence electrons. The zero-order valence-corrected chi connectivity index (χ0v) is 14.3. The van der Waals surface area contributed by atoms with Crippen LogP contribution in [0.3, 0.4) is 0 Å². The number of benzene rings is 2. The molecule has 0 amide bonds. The van der Waals surface area contributed by atoms with Crippen LogP contribution in [0.5, 0.6) is 0 Å². The molecule has 0 unspecified atom stereocenters. The summed E-state index contributed by atoms with van der Waals surface area (Å²) in [5.41, 5.74) is 1.14. The molecule has 5 nitrogen and oxygen atoms in total. The van der Waals surface area contributed by atoms with Gasteiger partial charge >= 0.3 is 0 Å². The third kappa shape index (κ3) is 4.52. The smallest absolute Gasteiger partial charge is 0.240 e. The molecular weight excluding hydrogens is 341 g/mol. The van der Waals surface area contributed by atoms with Gasteiger partial charge in [-0.3, -0.25) is 0 Å². The molecule has 0 fully saturated rings. The van der Waals surface area contributed by atoms with Gasteiger partial charge in [0, 0.05) is 31.9 Å². The summed E-state index contributed by atoms with van der Waals surface area (Å²) in [5, 5.41) is 0. The Morgan fingerprint density at radius 3 is 2.64 bits per heavy atom. The van der Waals surface area contributed by atoms with Gasteiger partial charge in [0.25, 0.3) is 0 Å². The van der Waals surface area contributed by atoms with Gasteiger partial charge in [-0.15, -0.1) is 0 Å². The van der Waals surface area contributed by atoms with Gasteiger partial charge in [0.15, 0.2) is 0 Å². The number of halogens is 1. The van der Waals surface area contributed by atoms with Crippen molar-refractivity contribution in [2.24, 2.45) is 0 Å². The van der Waals surface area contributed by atoms with Gasteiger partial charge in [-0.25, -0.2) is 22.5 Å². The van der Waals surface area contributed by atoms with Crippen LogP contribution in [0.4, 0.5) is 4.39 Å². The second-order valence-corrected chi connectivity index (χ2v) is 7.33. The zero-order chi connectivity index (χ0) is 17.7. The van der Waals surface area contributed by atoms with Crippen LogP contribution >= 0.6 is 0 Å². The third-order valence-electron chi connectivity index (χ3n) is 3.74. The average molecular weight is 359 g/mol. The van der Waals surface area contributed by atoms with Gasteiger partial charge in [0.05, 0.1) is 4.90 Å². The normalized spacial score (nSPS) is 11.6. The van der Waals surface area contributed by atoms with E-state index in [9.17, 15) is 12.8 Å². The molecule has 3 aromatic rings. The van der Waals surface area contributed by atoms with Gasteiger partial charge in [-0.1, -0.05) is 36.4 Å². The Kier molecular flexibility index (Phi) is 5.25. The highest BCUT2D eigenvalue weighted by Gasteiger charge is 2.14. The van der Waals surface area contributed by atoms with E-state index >= 15 is 0 Å². The maximum Gasteiger partial charge on any atom is 0.240 e. The molecule has 25 heavy (non-hydrogen) atoms. The molecule has 0 aliphatic carbocycles. The predicted octanol–water partition coefficient (Wildman–Crippen LogP) is 2.59. The predicted molar refractivity (Wildman–Crippen MR) is 93.1 cm³/mol. The second kappa shape index (κ2) is 7.58. The molecule has 7 heteroatoms. The lowest BCUT2D eigenvalue weighted by Crippen LogP contribution is -2.26. The maximum absolute atomic E-state index is 13.2. The topological polar surface area (TPSA) is 64.0 Å². The fourth-order valence-electron chi connectivity index (χ4n) is 2.51. The van der Waals surface area contributed by atoms with Gasteiger partial charge < -0.3 is 4.57 Å². The Balaban J connectivity index is 1.62. The first-order valence-electron chi connectivity index (χ1n) is 7.84. The van der Waals surface area contributed by atoms with Crippen LogP contribution in [0.25, 0.3) is 0 Å². The third-order valence-corrected chi connectivity index (χ3v) is 5.20. The van der Waals surface area contributed by atoms with Crippen molar-refractivity contribution in [3.05, 3.63) is 84.2 Å². The fraction of sp³-hybridized carbons (Fsp3) is 0.167. The maximum atomic E-state index is 13.2. The van der Waals surface area contributed by atoms with Crippen LogP contribution in [0.15, 0.2) is 71.9 Å². The molecule has 0 atom stereocenters. The number of nitrogens with zero attached hydrogens (tertiary/aromatic N) is 2. The fourth-order valence-corrected chi connectivity index (χ4v) is 3.57. The Hall–Kier alpha value is -2.51. The van der Waals surface area contributed by atoms with Crippen molar-refractivity contribution in [1.29, 1.82) is 0 Å². The molecule has 0 radical (unpaired) electrons. The molecule has 0 saturated heterocycles. The van der Waals surface area contributed by atoms with Gasteiger partial charge in [-0.05, 0) is 23.8 Å². The highest BCUT2D eigenvalue weighted by molar-refractivity contribution is 7.89. The molecule has 3 rings (SSSR count). The second-order valence-electron chi connectivity index (χ2n) is 5.56. The SMILES string of the molecule is O=S(=O)(NCCc1nccn1Cc1ccccc1)c1cccc(F)c1. The van der Waals surface area contributed by atoms with E-state index in [1.165, 1.54) is 18.2 Å². The van der Waals surface area contributed by atoms with E-state index in [2.05, 4.69) is 9.71 Å². The van der Waals surface area contributed by atoms with Gasteiger partial charge in [0.1, 0.15) is 11.6 Å². The molecule has 0 saturated carbocycles. The van der Waals surface area contributed by atoms with E-state index in [1.807, 2.05) is 41.1 Å². The number of nitrogens with one attached hydrogen (secondary N) is 1. The first-order valence-corrected chi connectivity index (χ1v) is 9.32. The number of aromatic nitrogens is 2. The van der Waals surface area contributed by atoms with E-state index in [0.717, 1.165) is 17.5 Å². The average Bonchev–Trinajstić information content (AvgIpc) is 3.03. The lowest BCUT2D eigenvalue weighted by atomic mass is 10.2. The highest BCUT2D eigenvalue weighted by Crippen LogP contribution is 2.11. The summed E-state index contributed by atoms with van der Waals surface area (Å²) < 4.78 is 42.0. The molecular formula is C18H18FN3O2S. The quantitative estimate of drug-likeness (QED) is 0.705. The number of imidazole rings is 1. The van der Waals surface area contributed by atoms with Crippen LogP contribution in [0.1, 0.15) is 11.4 Å². The van der Waals surface area contributed by atoms with Crippen molar-refractivity contribution in [3.8, 4) is 0 Å². The van der Waals surface area contributed by atoms with E-state index in [4.69, 9.17) is 0 Å². The monoisotopic (exact) mass is 359 g/mol. The first-order chi connectivity index (χ1) is 12.0. The van der Waals surface area contributed by atoms with Crippen molar-refractivity contribution < 1.29 is 12.8 Å². The number of sulfonamides is 1. The van der Waals surface area contributed by atoms with Gasteiger partial charge in [-0.2, -0.15) is 0 Å². The summed E-state index contributed by atoms with van der Waals surface area (Å²) in [6.07, 6.45) is 4.00. The summed E-state index contributed by atoms with van der Waals surface area (Å²) >= 11 is 0. The summed E-state index contributed by atoms with van der Waals surface area (Å²) in [6.45, 7) is 0.859. The van der Waals surface area contributed by atoms with Crippen molar-refractivity contribution in [2.45, 2.75) is 17.9 Å². The first kappa shape index (κ1) is 17.3. The minimum absolute atomic E-state index is 0.0832. The number of hydrogen-bond acceptors (Lipinski definition) is 3. The molecule has 1 aromatic heterocycles. The van der Waals surface area contributed by atoms with Crippen molar-refractivity contribution >= 4 is 10.0 Å². The van der Waals surface area contributed by atoms with Crippen LogP contribution in [-0.2, 0) is 23.0 Å². The van der Waals surface area contributed by atoms with Crippen LogP contribution in [-0.4, -0.2) is 24.5 Å². The summed E-state index contributed by atoms with van der Waals surface area (Å²) in [5.74, 6) is 0.201. The highest BCUT2D eigenvalue weighted by atomic mass is 32.2. The molecule has 0 aliphatic heterocycles. The standard InChI is InChI=1S/C18H18FN3O2S/c19-16-7-4-8-17(13-16)25(23,24)21-10-9-18-20-11-12-22(18)14-15-5-2-1-3-6-15/h1-8,11-13,21H,9-10,14H2. The lowest BCUT2D eigenvalue weighted by Gasteiger charge is -2.09. The van der Waals surface area contributed by atoms with Crippen LogP contribution in [0, 0.1) is 5.82 Å². The molecule has 1 heterocycles. The van der Waals surface area contributed by atoms with Crippen LogP contribution in [0.2, 0.25) is 0 Å². The van der Waals surface area contributed by atoms with E-state index in [1.54, 1.807) is 6.20 Å². The van der Waals surface area contributed by atoms with Crippen molar-refractivity contribution in [1.82, 2.24) is 14.3 Å². The molecule has 2 aromatic carbocycles. The largest absolute Gasteiger partial charge is 0.330 e. The van der Waals surface area contributed by atoms with Crippen LogP contribution < -0.4 is 4.72 Å². The van der Waals surface area contributed by atoms with E-state index in [-0.39, 0.29) is 11.4 Å². The Bertz CT molecular complexity index is 940. The minimum atomic E-state index is -3.73. The summed E-state index contributed by atoms with van der Waals surface area (Å²) in [4.78, 5) is 4.20. The Morgan fingerprint density at radius 2 is 1.88 bits per heavy atom. The molecule has 0 spiro atoms. The van der Waals surface area contributed by atoms with E-state index < -0.39 is 15.8 Å². The van der Waals surface area contributed by atoms with Gasteiger partial charge in [0.2, 0.25) is 10.0 Å². The zero-order valence-electron chi connectivity index (χ0n) is 13.5. The summed E-state index contributed by atoms with van der Waals surface area (Å²) in [7, 11) is -3.73. The number of rotatable bonds is 7. The lowest BCUT2D eigenvalue weighted by molar-refractivity contribution is 0.575.